The van der Waals surface area contributed by atoms with Gasteiger partial charge in [-0.3, -0.25) is 34.3 Å². The van der Waals surface area contributed by atoms with Gasteiger partial charge in [-0.25, -0.2) is 0 Å². The predicted octanol–water partition coefficient (Wildman–Crippen LogP) is 0.647. The van der Waals surface area contributed by atoms with E-state index in [1.165, 1.54) is 19.3 Å². The van der Waals surface area contributed by atoms with Gasteiger partial charge in [0, 0.05) is 32.1 Å². The highest BCUT2D eigenvalue weighted by atomic mass is 16.2. The van der Waals surface area contributed by atoms with Crippen LogP contribution in [0.1, 0.15) is 58.4 Å². The van der Waals surface area contributed by atoms with E-state index in [0.29, 0.717) is 29.5 Å². The van der Waals surface area contributed by atoms with Crippen LogP contribution in [-0.4, -0.2) is 58.6 Å². The molecule has 0 aromatic heterocycles. The van der Waals surface area contributed by atoms with Gasteiger partial charge in [-0.2, -0.15) is 0 Å². The summed E-state index contributed by atoms with van der Waals surface area (Å²) in [5.74, 6) is -0.617. The normalized spacial score (nSPS) is 31.7. The van der Waals surface area contributed by atoms with E-state index in [0.717, 1.165) is 23.6 Å². The van der Waals surface area contributed by atoms with E-state index in [2.05, 4.69) is 10.2 Å². The van der Waals surface area contributed by atoms with Gasteiger partial charge in [-0.05, 0) is 48.8 Å². The Labute approximate surface area is 174 Å². The fraction of sp³-hybridized carbons (Fsp3) is 0.545. The average Bonchev–Trinajstić information content (AvgIpc) is 3.27. The van der Waals surface area contributed by atoms with Gasteiger partial charge in [-0.15, -0.1) is 0 Å². The predicted molar refractivity (Wildman–Crippen MR) is 107 cm³/mol. The first-order chi connectivity index (χ1) is 14.4. The van der Waals surface area contributed by atoms with E-state index < -0.39 is 23.8 Å². The largest absolute Gasteiger partial charge is 0.326 e. The van der Waals surface area contributed by atoms with Gasteiger partial charge in [0.1, 0.15) is 6.04 Å². The molecule has 1 saturated carbocycles. The van der Waals surface area contributed by atoms with E-state index in [1.54, 1.807) is 12.1 Å². The number of fused-ring (bicyclic) bond motifs is 2. The number of benzene rings is 1. The number of likely N-dealkylation sites (tertiary alicyclic amines) is 1. The van der Waals surface area contributed by atoms with Crippen LogP contribution in [0.15, 0.2) is 18.2 Å². The smallest absolute Gasteiger partial charge is 0.262 e. The number of nitrogens with zero attached hydrogens (tertiary/aromatic N) is 2. The third kappa shape index (κ3) is 3.15. The van der Waals surface area contributed by atoms with Crippen molar-refractivity contribution in [3.05, 3.63) is 34.9 Å². The lowest BCUT2D eigenvalue weighted by Crippen LogP contribution is -2.54. The third-order valence-corrected chi connectivity index (χ3v) is 7.14. The molecule has 0 bridgehead atoms. The molecule has 4 atom stereocenters. The molecule has 1 aromatic rings. The van der Waals surface area contributed by atoms with Crippen LogP contribution in [0, 0.1) is 11.8 Å². The Morgan fingerprint density at radius 2 is 1.80 bits per heavy atom. The zero-order valence-electron chi connectivity index (χ0n) is 16.8. The Bertz CT molecular complexity index is 945. The lowest BCUT2D eigenvalue weighted by Gasteiger charge is -2.39. The summed E-state index contributed by atoms with van der Waals surface area (Å²) < 4.78 is 0. The zero-order chi connectivity index (χ0) is 21.0. The molecular formula is C22H26N4O4. The molecule has 3 fully saturated rings. The number of nitrogens with one attached hydrogen (secondary N) is 1. The molecule has 0 radical (unpaired) electrons. The van der Waals surface area contributed by atoms with E-state index in [-0.39, 0.29) is 24.8 Å². The quantitative estimate of drug-likeness (QED) is 0.708. The van der Waals surface area contributed by atoms with Crippen LogP contribution in [0.3, 0.4) is 0 Å². The Balaban J connectivity index is 1.34. The Morgan fingerprint density at radius 3 is 2.60 bits per heavy atom. The molecule has 158 valence electrons. The molecule has 0 spiro atoms. The fourth-order valence-corrected chi connectivity index (χ4v) is 5.70. The fourth-order valence-electron chi connectivity index (χ4n) is 5.70. The van der Waals surface area contributed by atoms with Crippen molar-refractivity contribution in [2.24, 2.45) is 17.6 Å². The molecule has 8 heteroatoms. The van der Waals surface area contributed by atoms with Crippen molar-refractivity contribution < 1.29 is 19.2 Å². The Morgan fingerprint density at radius 1 is 1.00 bits per heavy atom. The lowest BCUT2D eigenvalue weighted by molar-refractivity contribution is -0.136. The third-order valence-electron chi connectivity index (χ3n) is 7.14. The van der Waals surface area contributed by atoms with Gasteiger partial charge in [0.25, 0.3) is 11.8 Å². The molecule has 1 aliphatic carbocycles. The molecule has 3 heterocycles. The minimum Gasteiger partial charge on any atom is -0.326 e. The minimum absolute atomic E-state index is 0.117. The molecular weight excluding hydrogens is 384 g/mol. The van der Waals surface area contributed by atoms with Gasteiger partial charge in [0.05, 0.1) is 11.1 Å². The topological polar surface area (TPSA) is 113 Å². The van der Waals surface area contributed by atoms with Gasteiger partial charge in [0.15, 0.2) is 0 Å². The summed E-state index contributed by atoms with van der Waals surface area (Å²) in [5.41, 5.74) is 8.03. The number of hydrogen-bond donors (Lipinski definition) is 2. The molecule has 4 unspecified atom stereocenters. The van der Waals surface area contributed by atoms with Crippen molar-refractivity contribution in [1.29, 1.82) is 0 Å². The summed E-state index contributed by atoms with van der Waals surface area (Å²) in [4.78, 5) is 52.8. The number of rotatable bonds is 3. The second kappa shape index (κ2) is 7.28. The summed E-state index contributed by atoms with van der Waals surface area (Å²) in [6.07, 6.45) is 3.99. The number of amides is 4. The van der Waals surface area contributed by atoms with Crippen LogP contribution in [0.25, 0.3) is 0 Å². The van der Waals surface area contributed by atoms with Gasteiger partial charge in [-0.1, -0.05) is 12.5 Å². The van der Waals surface area contributed by atoms with Crippen LogP contribution >= 0.6 is 0 Å². The Hall–Kier alpha value is -2.58. The molecule has 3 aliphatic heterocycles. The van der Waals surface area contributed by atoms with Crippen molar-refractivity contribution in [3.63, 3.8) is 0 Å². The summed E-state index contributed by atoms with van der Waals surface area (Å²) in [7, 11) is 0. The number of piperidine rings is 2. The first-order valence-electron chi connectivity index (χ1n) is 10.7. The highest BCUT2D eigenvalue weighted by molar-refractivity contribution is 6.23. The highest BCUT2D eigenvalue weighted by Crippen LogP contribution is 2.38. The summed E-state index contributed by atoms with van der Waals surface area (Å²) >= 11 is 0. The standard InChI is InChI=1S/C22H26N4O4/c23-17-11-25(10-13-2-1-3-14(13)17)9-12-4-5-15-16(8-12)22(30)26(21(15)29)18-6-7-19(27)24-20(18)28/h4-5,8,13-14,17-18H,1-3,6-7,9-11,23H2,(H,24,27,28). The van der Waals surface area contributed by atoms with E-state index in [4.69, 9.17) is 5.73 Å². The van der Waals surface area contributed by atoms with Crippen LogP contribution in [-0.2, 0) is 16.1 Å². The first kappa shape index (κ1) is 19.4. The molecule has 3 N–H and O–H groups in total. The summed E-state index contributed by atoms with van der Waals surface area (Å²) in [6, 6.07) is 4.58. The van der Waals surface area contributed by atoms with E-state index in [1.807, 2.05) is 6.07 Å². The SMILES string of the molecule is NC1CN(Cc2ccc3c(c2)C(=O)N(C2CCC(=O)NC2=O)C3=O)CC2CCCC12. The molecule has 4 aliphatic rings. The van der Waals surface area contributed by atoms with Crippen LogP contribution < -0.4 is 11.1 Å². The second-order valence-corrected chi connectivity index (χ2v) is 9.04. The van der Waals surface area contributed by atoms with Crippen molar-refractivity contribution >= 4 is 23.6 Å². The number of carbonyl (C=O) groups excluding carboxylic acids is 4. The molecule has 5 rings (SSSR count). The van der Waals surface area contributed by atoms with Crippen LogP contribution in [0.5, 0.6) is 0 Å². The van der Waals surface area contributed by atoms with E-state index >= 15 is 0 Å². The van der Waals surface area contributed by atoms with Crippen molar-refractivity contribution in [2.75, 3.05) is 13.1 Å². The maximum absolute atomic E-state index is 13.0. The number of imide groups is 2. The van der Waals surface area contributed by atoms with Crippen LogP contribution in [0.2, 0.25) is 0 Å². The lowest BCUT2D eigenvalue weighted by atomic mass is 9.85. The van der Waals surface area contributed by atoms with Gasteiger partial charge < -0.3 is 5.73 Å². The maximum Gasteiger partial charge on any atom is 0.262 e. The minimum atomic E-state index is -0.932. The highest BCUT2D eigenvalue weighted by Gasteiger charge is 2.45. The maximum atomic E-state index is 13.0. The van der Waals surface area contributed by atoms with Gasteiger partial charge >= 0.3 is 0 Å². The molecule has 1 aromatic carbocycles. The average molecular weight is 410 g/mol. The number of nitrogens with two attached hydrogens (primary N) is 1. The molecule has 8 nitrogen and oxygen atoms in total. The molecule has 30 heavy (non-hydrogen) atoms. The van der Waals surface area contributed by atoms with E-state index in [9.17, 15) is 19.2 Å². The first-order valence-corrected chi connectivity index (χ1v) is 10.7. The zero-order valence-corrected chi connectivity index (χ0v) is 16.8. The Kier molecular flexibility index (Phi) is 4.71. The second-order valence-electron chi connectivity index (χ2n) is 9.04. The van der Waals surface area contributed by atoms with Crippen molar-refractivity contribution in [2.45, 2.75) is 50.7 Å². The summed E-state index contributed by atoms with van der Waals surface area (Å²) in [5, 5.41) is 2.22. The molecule has 4 amide bonds. The van der Waals surface area contributed by atoms with Crippen LogP contribution in [0.4, 0.5) is 0 Å². The van der Waals surface area contributed by atoms with Gasteiger partial charge in [0.2, 0.25) is 11.8 Å². The summed E-state index contributed by atoms with van der Waals surface area (Å²) in [6.45, 7) is 2.54. The number of carbonyl (C=O) groups is 4. The molecule has 2 saturated heterocycles. The van der Waals surface area contributed by atoms with Crippen molar-refractivity contribution in [1.82, 2.24) is 15.1 Å². The number of hydrogen-bond acceptors (Lipinski definition) is 6. The monoisotopic (exact) mass is 410 g/mol. The van der Waals surface area contributed by atoms with Crippen molar-refractivity contribution in [3.8, 4) is 0 Å².